The first-order valence-corrected chi connectivity index (χ1v) is 4.73. The summed E-state index contributed by atoms with van der Waals surface area (Å²) in [6, 6.07) is 0. The Bertz CT molecular complexity index is 132. The van der Waals surface area contributed by atoms with Gasteiger partial charge in [0.2, 0.25) is 0 Å². The Hall–Kier alpha value is -0.0800. The van der Waals surface area contributed by atoms with Crippen LogP contribution < -0.4 is 0 Å². The van der Waals surface area contributed by atoms with E-state index in [4.69, 9.17) is 5.11 Å². The smallest absolute Gasteiger partial charge is 0.0462 e. The minimum absolute atomic E-state index is 0.415. The van der Waals surface area contributed by atoms with Crippen LogP contribution in [0, 0.1) is 11.8 Å². The number of likely N-dealkylation sites (tertiary alicyclic amines) is 1. The molecule has 0 radical (unpaired) electrons. The molecule has 0 bridgehead atoms. The summed E-state index contributed by atoms with van der Waals surface area (Å²) < 4.78 is 0. The van der Waals surface area contributed by atoms with E-state index in [1.165, 1.54) is 38.9 Å². The molecule has 0 aromatic rings. The SMILES string of the molecule is OC[C@H]1C[C@H]1CN1CCCC1. The predicted molar refractivity (Wildman–Crippen MR) is 44.4 cm³/mol. The number of nitrogens with zero attached hydrogens (tertiary/aromatic N) is 1. The van der Waals surface area contributed by atoms with E-state index in [1.807, 2.05) is 0 Å². The second-order valence-electron chi connectivity index (χ2n) is 3.95. The van der Waals surface area contributed by atoms with Gasteiger partial charge in [0.05, 0.1) is 0 Å². The Morgan fingerprint density at radius 2 is 1.91 bits per heavy atom. The van der Waals surface area contributed by atoms with Crippen LogP contribution in [-0.2, 0) is 0 Å². The van der Waals surface area contributed by atoms with Crippen LogP contribution in [0.4, 0.5) is 0 Å². The molecule has 1 saturated heterocycles. The third-order valence-corrected chi connectivity index (χ3v) is 2.99. The van der Waals surface area contributed by atoms with Crippen LogP contribution in [0.15, 0.2) is 0 Å². The van der Waals surface area contributed by atoms with Gasteiger partial charge in [0.25, 0.3) is 0 Å². The Morgan fingerprint density at radius 3 is 2.45 bits per heavy atom. The Kier molecular flexibility index (Phi) is 2.14. The number of hydrogen-bond donors (Lipinski definition) is 1. The Labute approximate surface area is 68.2 Å². The molecule has 0 unspecified atom stereocenters. The van der Waals surface area contributed by atoms with Crippen LogP contribution in [0.25, 0.3) is 0 Å². The summed E-state index contributed by atoms with van der Waals surface area (Å²) in [4.78, 5) is 2.54. The van der Waals surface area contributed by atoms with Gasteiger partial charge < -0.3 is 10.0 Å². The average Bonchev–Trinajstić information content (AvgIpc) is 2.54. The van der Waals surface area contributed by atoms with Gasteiger partial charge in [0, 0.05) is 13.2 Å². The highest BCUT2D eigenvalue weighted by molar-refractivity contribution is 4.88. The van der Waals surface area contributed by atoms with Crippen LogP contribution in [0.2, 0.25) is 0 Å². The van der Waals surface area contributed by atoms with Crippen molar-refractivity contribution in [3.63, 3.8) is 0 Å². The summed E-state index contributed by atoms with van der Waals surface area (Å²) in [6.07, 6.45) is 4.04. The van der Waals surface area contributed by atoms with Gasteiger partial charge in [-0.15, -0.1) is 0 Å². The van der Waals surface area contributed by atoms with Gasteiger partial charge in [-0.05, 0) is 44.2 Å². The summed E-state index contributed by atoms with van der Waals surface area (Å²) in [5, 5.41) is 8.83. The fraction of sp³-hybridized carbons (Fsp3) is 1.00. The average molecular weight is 155 g/mol. The Morgan fingerprint density at radius 1 is 1.18 bits per heavy atom. The van der Waals surface area contributed by atoms with E-state index in [9.17, 15) is 0 Å². The summed E-state index contributed by atoms with van der Waals surface area (Å²) in [5.41, 5.74) is 0. The molecule has 2 aliphatic rings. The summed E-state index contributed by atoms with van der Waals surface area (Å²) in [6.45, 7) is 4.27. The highest BCUT2D eigenvalue weighted by atomic mass is 16.3. The standard InChI is InChI=1S/C9H17NO/c11-7-9-5-8(9)6-10-3-1-2-4-10/h8-9,11H,1-7H2/t8-,9+/m0/s1. The monoisotopic (exact) mass is 155 g/mol. The number of aliphatic hydroxyl groups is 1. The minimum atomic E-state index is 0.415. The summed E-state index contributed by atoms with van der Waals surface area (Å²) >= 11 is 0. The van der Waals surface area contributed by atoms with Crippen molar-refractivity contribution in [3.8, 4) is 0 Å². The molecule has 2 fully saturated rings. The molecular weight excluding hydrogens is 138 g/mol. The fourth-order valence-electron chi connectivity index (χ4n) is 2.05. The van der Waals surface area contributed by atoms with Crippen LogP contribution in [-0.4, -0.2) is 36.2 Å². The van der Waals surface area contributed by atoms with Crippen LogP contribution >= 0.6 is 0 Å². The first kappa shape index (κ1) is 7.56. The molecule has 2 atom stereocenters. The maximum atomic E-state index is 8.83. The summed E-state index contributed by atoms with van der Waals surface area (Å²) in [5.74, 6) is 1.48. The zero-order valence-electron chi connectivity index (χ0n) is 7.00. The van der Waals surface area contributed by atoms with Crippen molar-refractivity contribution in [3.05, 3.63) is 0 Å². The second kappa shape index (κ2) is 3.11. The molecular formula is C9H17NO. The highest BCUT2D eigenvalue weighted by Gasteiger charge is 2.37. The lowest BCUT2D eigenvalue weighted by Gasteiger charge is -2.13. The van der Waals surface area contributed by atoms with Crippen molar-refractivity contribution in [2.24, 2.45) is 11.8 Å². The molecule has 0 spiro atoms. The molecule has 0 amide bonds. The van der Waals surface area contributed by atoms with Gasteiger partial charge in [0.15, 0.2) is 0 Å². The van der Waals surface area contributed by atoms with E-state index in [0.717, 1.165) is 5.92 Å². The molecule has 2 nitrogen and oxygen atoms in total. The van der Waals surface area contributed by atoms with E-state index in [0.29, 0.717) is 12.5 Å². The molecule has 2 rings (SSSR count). The lowest BCUT2D eigenvalue weighted by atomic mass is 10.3. The molecule has 11 heavy (non-hydrogen) atoms. The predicted octanol–water partition coefficient (Wildman–Crippen LogP) is 0.711. The quantitative estimate of drug-likeness (QED) is 0.649. The topological polar surface area (TPSA) is 23.5 Å². The summed E-state index contributed by atoms with van der Waals surface area (Å²) in [7, 11) is 0. The van der Waals surface area contributed by atoms with Gasteiger partial charge in [-0.3, -0.25) is 0 Å². The molecule has 1 aliphatic heterocycles. The van der Waals surface area contributed by atoms with Crippen molar-refractivity contribution in [2.75, 3.05) is 26.2 Å². The third-order valence-electron chi connectivity index (χ3n) is 2.99. The van der Waals surface area contributed by atoms with Crippen molar-refractivity contribution in [1.82, 2.24) is 4.90 Å². The molecule has 1 saturated carbocycles. The largest absolute Gasteiger partial charge is 0.396 e. The molecule has 2 heteroatoms. The number of rotatable bonds is 3. The molecule has 0 aromatic heterocycles. The van der Waals surface area contributed by atoms with E-state index >= 15 is 0 Å². The van der Waals surface area contributed by atoms with Crippen molar-refractivity contribution >= 4 is 0 Å². The van der Waals surface area contributed by atoms with Crippen LogP contribution in [0.1, 0.15) is 19.3 Å². The molecule has 1 N–H and O–H groups in total. The van der Waals surface area contributed by atoms with Gasteiger partial charge in [-0.2, -0.15) is 0 Å². The molecule has 0 aromatic carbocycles. The van der Waals surface area contributed by atoms with Crippen LogP contribution in [0.5, 0.6) is 0 Å². The van der Waals surface area contributed by atoms with E-state index in [-0.39, 0.29) is 0 Å². The fourth-order valence-corrected chi connectivity index (χ4v) is 2.05. The Balaban J connectivity index is 1.66. The highest BCUT2D eigenvalue weighted by Crippen LogP contribution is 2.38. The van der Waals surface area contributed by atoms with E-state index in [2.05, 4.69) is 4.90 Å². The zero-order valence-corrected chi connectivity index (χ0v) is 7.00. The van der Waals surface area contributed by atoms with Gasteiger partial charge in [0.1, 0.15) is 0 Å². The maximum absolute atomic E-state index is 8.83. The van der Waals surface area contributed by atoms with Crippen molar-refractivity contribution in [1.29, 1.82) is 0 Å². The third kappa shape index (κ3) is 1.74. The van der Waals surface area contributed by atoms with E-state index in [1.54, 1.807) is 0 Å². The van der Waals surface area contributed by atoms with Gasteiger partial charge >= 0.3 is 0 Å². The first-order valence-electron chi connectivity index (χ1n) is 4.73. The maximum Gasteiger partial charge on any atom is 0.0462 e. The molecule has 64 valence electrons. The van der Waals surface area contributed by atoms with Gasteiger partial charge in [-0.25, -0.2) is 0 Å². The normalized spacial score (nSPS) is 37.9. The number of aliphatic hydroxyl groups excluding tert-OH is 1. The van der Waals surface area contributed by atoms with Crippen molar-refractivity contribution in [2.45, 2.75) is 19.3 Å². The zero-order chi connectivity index (χ0) is 7.68. The van der Waals surface area contributed by atoms with E-state index < -0.39 is 0 Å². The van der Waals surface area contributed by atoms with Gasteiger partial charge in [-0.1, -0.05) is 0 Å². The molecule has 1 aliphatic carbocycles. The van der Waals surface area contributed by atoms with Crippen molar-refractivity contribution < 1.29 is 5.11 Å². The first-order chi connectivity index (χ1) is 5.40. The lowest BCUT2D eigenvalue weighted by Crippen LogP contribution is -2.22. The molecule has 1 heterocycles. The second-order valence-corrected chi connectivity index (χ2v) is 3.95. The minimum Gasteiger partial charge on any atom is -0.396 e. The number of hydrogen-bond acceptors (Lipinski definition) is 2. The van der Waals surface area contributed by atoms with Crippen LogP contribution in [0.3, 0.4) is 0 Å². The lowest BCUT2D eigenvalue weighted by molar-refractivity contribution is 0.252.